The second kappa shape index (κ2) is 17.5. The Morgan fingerprint density at radius 1 is 0.833 bits per heavy atom. The largest absolute Gasteiger partial charge is 0.372 e. The molecule has 19 heteroatoms. The number of carbonyl (C=O) groups excluding carboxylic acids is 4. The van der Waals surface area contributed by atoms with Gasteiger partial charge in [0.1, 0.15) is 23.7 Å². The number of halogens is 3. The Bertz CT molecular complexity index is 2860. The molecule has 3 amide bonds. The smallest absolute Gasteiger partial charge is 0.301 e. The molecule has 66 heavy (non-hydrogen) atoms. The number of rotatable bonds is 11. The highest BCUT2D eigenvalue weighted by Crippen LogP contribution is 2.34. The number of amides is 3. The molecule has 0 radical (unpaired) electrons. The number of carbonyl (C=O) groups is 4. The lowest BCUT2D eigenvalue weighted by Crippen LogP contribution is -2.52. The van der Waals surface area contributed by atoms with Crippen molar-refractivity contribution >= 4 is 61.8 Å². The van der Waals surface area contributed by atoms with Gasteiger partial charge in [0.2, 0.25) is 17.6 Å². The summed E-state index contributed by atoms with van der Waals surface area (Å²) in [5.41, 5.74) is 3.92. The number of aromatic nitrogens is 2. The zero-order valence-electron chi connectivity index (χ0n) is 35.9. The van der Waals surface area contributed by atoms with Crippen LogP contribution in [-0.2, 0) is 26.3 Å². The van der Waals surface area contributed by atoms with Crippen LogP contribution < -0.4 is 19.8 Å². The fraction of sp³-hybridized carbons (Fsp3) is 0.383. The summed E-state index contributed by atoms with van der Waals surface area (Å²) in [6.07, 6.45) is 4.31. The third-order valence-corrected chi connectivity index (χ3v) is 15.2. The number of nitrogens with zero attached hydrogens (tertiary/aromatic N) is 6. The summed E-state index contributed by atoms with van der Waals surface area (Å²) in [6, 6.07) is 16.8. The highest BCUT2D eigenvalue weighted by Gasteiger charge is 2.40. The van der Waals surface area contributed by atoms with Gasteiger partial charge in [0.15, 0.2) is 5.82 Å². The van der Waals surface area contributed by atoms with Crippen LogP contribution in [0.15, 0.2) is 73.1 Å². The fourth-order valence-corrected chi connectivity index (χ4v) is 11.3. The number of benzene rings is 3. The van der Waals surface area contributed by atoms with Crippen LogP contribution in [0.4, 0.5) is 30.2 Å². The van der Waals surface area contributed by atoms with Gasteiger partial charge in [-0.3, -0.25) is 34.1 Å². The number of hydrogen-bond donors (Lipinski definition) is 3. The van der Waals surface area contributed by atoms with Crippen LogP contribution in [0, 0.1) is 17.6 Å². The number of ketones is 1. The molecule has 15 nitrogen and oxygen atoms in total. The first kappa shape index (κ1) is 43.6. The molecule has 4 fully saturated rings. The summed E-state index contributed by atoms with van der Waals surface area (Å²) in [5, 5.41) is 2.70. The van der Waals surface area contributed by atoms with Gasteiger partial charge in [-0.25, -0.2) is 18.2 Å². The standard InChI is InChI=1S/C47H48F3N9O6S/c48-32-13-16-58(27-32)66(64,65)54-39-8-7-38(49)42(43(39)50)44(61)37-24-52-45-36(37)22-30(23-51-45)29-1-3-33(4-2-29)56-14-11-28(12-15-56)25-55-17-19-57(20-18-55)34-5-6-35-31(21-34)26-59(47(35)63)40-9-10-41(60)53-46(40)62/h1-8,21-24,28,32,40,54H,9-20,25-27H2,(H,51,52)(H,53,60,62)/t32-,40?/m1/s1. The third-order valence-electron chi connectivity index (χ3n) is 13.7. The number of nitrogens with one attached hydrogen (secondary N) is 3. The molecule has 3 N–H and O–H groups in total. The van der Waals surface area contributed by atoms with Crippen molar-refractivity contribution < 1.29 is 40.8 Å². The van der Waals surface area contributed by atoms with E-state index in [1.54, 1.807) is 17.2 Å². The number of imide groups is 1. The average Bonchev–Trinajstić information content (AvgIpc) is 4.04. The second-order valence-electron chi connectivity index (χ2n) is 17.8. The molecule has 2 aromatic heterocycles. The number of piperidine rings is 2. The Labute approximate surface area is 379 Å². The van der Waals surface area contributed by atoms with Crippen molar-refractivity contribution in [2.45, 2.75) is 50.9 Å². The average molecular weight is 924 g/mol. The SMILES string of the molecule is O=C1CCC(N2Cc3cc(N4CCN(CC5CCN(c6ccc(-c7cnc8[nH]cc(C(=O)c9c(F)ccc(NS(=O)(=O)N%10CC[C@@H](F)C%10)c9F)c8c7)cc6)CC5)CC4)ccc3C2=O)C(=O)N1. The van der Waals surface area contributed by atoms with Crippen molar-refractivity contribution in [3.63, 3.8) is 0 Å². The minimum atomic E-state index is -4.36. The minimum absolute atomic E-state index is 0.00369. The van der Waals surface area contributed by atoms with E-state index in [2.05, 4.69) is 48.2 Å². The summed E-state index contributed by atoms with van der Waals surface area (Å²) >= 11 is 0. The Hall–Kier alpha value is -6.31. The Morgan fingerprint density at radius 2 is 1.58 bits per heavy atom. The summed E-state index contributed by atoms with van der Waals surface area (Å²) in [4.78, 5) is 67.2. The first-order chi connectivity index (χ1) is 31.8. The van der Waals surface area contributed by atoms with Crippen molar-refractivity contribution in [1.29, 1.82) is 0 Å². The molecule has 3 aromatic carbocycles. The van der Waals surface area contributed by atoms with Crippen molar-refractivity contribution in [1.82, 2.24) is 29.4 Å². The lowest BCUT2D eigenvalue weighted by Gasteiger charge is -2.40. The van der Waals surface area contributed by atoms with Crippen molar-refractivity contribution in [2.24, 2.45) is 5.92 Å². The molecular weight excluding hydrogens is 876 g/mol. The van der Waals surface area contributed by atoms with Gasteiger partial charge in [-0.1, -0.05) is 12.1 Å². The van der Waals surface area contributed by atoms with E-state index in [0.29, 0.717) is 41.0 Å². The summed E-state index contributed by atoms with van der Waals surface area (Å²) < 4.78 is 73.1. The maximum absolute atomic E-state index is 15.8. The van der Waals surface area contributed by atoms with Gasteiger partial charge in [0, 0.05) is 118 Å². The van der Waals surface area contributed by atoms with Crippen molar-refractivity contribution in [2.75, 3.05) is 73.4 Å². The maximum atomic E-state index is 15.8. The van der Waals surface area contributed by atoms with Gasteiger partial charge < -0.3 is 19.7 Å². The molecule has 7 heterocycles. The number of H-pyrrole nitrogens is 1. The molecule has 344 valence electrons. The topological polar surface area (TPSA) is 171 Å². The first-order valence-corrected chi connectivity index (χ1v) is 23.8. The second-order valence-corrected chi connectivity index (χ2v) is 19.5. The van der Waals surface area contributed by atoms with Crippen LogP contribution in [0.25, 0.3) is 22.2 Å². The van der Waals surface area contributed by atoms with Crippen LogP contribution in [-0.4, -0.2) is 127 Å². The minimum Gasteiger partial charge on any atom is -0.372 e. The van der Waals surface area contributed by atoms with Gasteiger partial charge in [-0.2, -0.15) is 12.7 Å². The van der Waals surface area contributed by atoms with Gasteiger partial charge in [0.25, 0.3) is 5.91 Å². The van der Waals surface area contributed by atoms with Gasteiger partial charge in [0.05, 0.1) is 11.3 Å². The summed E-state index contributed by atoms with van der Waals surface area (Å²) in [7, 11) is -4.36. The number of pyridine rings is 1. The zero-order chi connectivity index (χ0) is 45.9. The quantitative estimate of drug-likeness (QED) is 0.118. The summed E-state index contributed by atoms with van der Waals surface area (Å²) in [6.45, 7) is 6.37. The fourth-order valence-electron chi connectivity index (χ4n) is 9.98. The molecule has 5 aliphatic rings. The molecule has 0 spiro atoms. The monoisotopic (exact) mass is 923 g/mol. The van der Waals surface area contributed by atoms with Gasteiger partial charge >= 0.3 is 10.2 Å². The number of alkyl halides is 1. The van der Waals surface area contributed by atoms with Crippen LogP contribution in [0.5, 0.6) is 0 Å². The molecule has 5 aliphatic heterocycles. The molecule has 10 rings (SSSR count). The van der Waals surface area contributed by atoms with E-state index in [4.69, 9.17) is 0 Å². The highest BCUT2D eigenvalue weighted by molar-refractivity contribution is 7.90. The third kappa shape index (κ3) is 8.39. The van der Waals surface area contributed by atoms with E-state index >= 15 is 8.78 Å². The Balaban J connectivity index is 0.730. The van der Waals surface area contributed by atoms with E-state index in [1.807, 2.05) is 29.0 Å². The predicted octanol–water partition coefficient (Wildman–Crippen LogP) is 5.24. The zero-order valence-corrected chi connectivity index (χ0v) is 36.8. The molecule has 2 atom stereocenters. The van der Waals surface area contributed by atoms with Gasteiger partial charge in [-0.05, 0) is 91.3 Å². The summed E-state index contributed by atoms with van der Waals surface area (Å²) in [5.74, 6) is -3.85. The molecule has 0 bridgehead atoms. The normalized spacial score (nSPS) is 21.2. The number of piperazine rings is 1. The van der Waals surface area contributed by atoms with Crippen LogP contribution in [0.1, 0.15) is 63.9 Å². The molecule has 5 aromatic rings. The van der Waals surface area contributed by atoms with E-state index in [0.717, 1.165) is 97.6 Å². The first-order valence-electron chi connectivity index (χ1n) is 22.3. The van der Waals surface area contributed by atoms with E-state index in [1.165, 1.54) is 6.20 Å². The Morgan fingerprint density at radius 3 is 2.30 bits per heavy atom. The van der Waals surface area contributed by atoms with Gasteiger partial charge in [-0.15, -0.1) is 0 Å². The number of anilines is 3. The van der Waals surface area contributed by atoms with Crippen LogP contribution in [0.3, 0.4) is 0 Å². The van der Waals surface area contributed by atoms with Crippen LogP contribution in [0.2, 0.25) is 0 Å². The van der Waals surface area contributed by atoms with E-state index < -0.39 is 57.0 Å². The van der Waals surface area contributed by atoms with E-state index in [9.17, 15) is 32.0 Å². The van der Waals surface area contributed by atoms with Crippen molar-refractivity contribution in [3.8, 4) is 11.1 Å². The molecule has 1 unspecified atom stereocenters. The highest BCUT2D eigenvalue weighted by atomic mass is 32.2. The molecule has 4 saturated heterocycles. The predicted molar refractivity (Wildman–Crippen MR) is 241 cm³/mol. The van der Waals surface area contributed by atoms with Crippen molar-refractivity contribution in [3.05, 3.63) is 107 Å². The Kier molecular flexibility index (Phi) is 11.5. The molecule has 0 aliphatic carbocycles. The molecule has 0 saturated carbocycles. The van der Waals surface area contributed by atoms with Crippen LogP contribution >= 0.6 is 0 Å². The lowest BCUT2D eigenvalue weighted by atomic mass is 9.95. The van der Waals surface area contributed by atoms with E-state index in [-0.39, 0.29) is 43.3 Å². The number of fused-ring (bicyclic) bond motifs is 2. The maximum Gasteiger partial charge on any atom is 0.301 e. The number of aromatic amines is 1. The molecular formula is C47H48F3N9O6S. The lowest BCUT2D eigenvalue weighted by molar-refractivity contribution is -0.136. The number of hydrogen-bond acceptors (Lipinski definition) is 10.